The van der Waals surface area contributed by atoms with E-state index in [1.54, 1.807) is 18.3 Å². The smallest absolute Gasteiger partial charge is 0.212 e. The normalized spacial score (nSPS) is 16.2. The number of aromatic nitrogens is 2. The van der Waals surface area contributed by atoms with Crippen LogP contribution < -0.4 is 10.1 Å². The van der Waals surface area contributed by atoms with Crippen LogP contribution in [0.3, 0.4) is 0 Å². The lowest BCUT2D eigenvalue weighted by Gasteiger charge is -2.25. The predicted molar refractivity (Wildman–Crippen MR) is 95.2 cm³/mol. The van der Waals surface area contributed by atoms with E-state index in [1.807, 2.05) is 31.5 Å². The monoisotopic (exact) mass is 353 g/mol. The summed E-state index contributed by atoms with van der Waals surface area (Å²) >= 11 is 5.79. The van der Waals surface area contributed by atoms with Gasteiger partial charge in [-0.3, -0.25) is 0 Å². The van der Waals surface area contributed by atoms with Gasteiger partial charge in [-0.25, -0.2) is 9.07 Å². The summed E-state index contributed by atoms with van der Waals surface area (Å²) in [7, 11) is 0. The molecule has 1 N–H and O–H groups in total. The molecule has 0 bridgehead atoms. The molecule has 2 heterocycles. The van der Waals surface area contributed by atoms with Crippen molar-refractivity contribution in [2.24, 2.45) is 0 Å². The second-order valence-electron chi connectivity index (χ2n) is 5.52. The van der Waals surface area contributed by atoms with Gasteiger partial charge in [-0.05, 0) is 45.0 Å². The zero-order valence-corrected chi connectivity index (χ0v) is 15.2. The van der Waals surface area contributed by atoms with Crippen LogP contribution in [-0.4, -0.2) is 22.9 Å². The first kappa shape index (κ1) is 18.7. The zero-order valence-electron chi connectivity index (χ0n) is 14.4. The van der Waals surface area contributed by atoms with Crippen molar-refractivity contribution in [3.63, 3.8) is 0 Å². The molecule has 0 unspecified atom stereocenters. The highest BCUT2D eigenvalue weighted by atomic mass is 35.5. The number of piperidine rings is 1. The number of benzene rings is 1. The second-order valence-corrected chi connectivity index (χ2v) is 5.96. The molecule has 24 heavy (non-hydrogen) atoms. The average molecular weight is 354 g/mol. The molecule has 0 radical (unpaired) electrons. The van der Waals surface area contributed by atoms with Crippen molar-refractivity contribution in [2.45, 2.75) is 45.8 Å². The van der Waals surface area contributed by atoms with E-state index >= 15 is 0 Å². The fourth-order valence-corrected chi connectivity index (χ4v) is 2.96. The predicted octanol–water partition coefficient (Wildman–Crippen LogP) is 4.77. The van der Waals surface area contributed by atoms with E-state index in [0.717, 1.165) is 25.9 Å². The number of hydrogen-bond donors (Lipinski definition) is 1. The van der Waals surface area contributed by atoms with Gasteiger partial charge in [-0.2, -0.15) is 5.10 Å². The number of rotatable bonds is 4. The maximum atomic E-state index is 14.0. The van der Waals surface area contributed by atoms with E-state index in [-0.39, 0.29) is 5.82 Å². The van der Waals surface area contributed by atoms with Crippen LogP contribution in [0.25, 0.3) is 0 Å². The van der Waals surface area contributed by atoms with E-state index in [1.165, 1.54) is 6.07 Å². The summed E-state index contributed by atoms with van der Waals surface area (Å²) in [6.07, 6.45) is 3.35. The largest absolute Gasteiger partial charge is 0.470 e. The Morgan fingerprint density at radius 3 is 2.67 bits per heavy atom. The van der Waals surface area contributed by atoms with Crippen LogP contribution in [0, 0.1) is 5.82 Å². The topological polar surface area (TPSA) is 39.1 Å². The first-order valence-corrected chi connectivity index (χ1v) is 8.89. The lowest BCUT2D eigenvalue weighted by Crippen LogP contribution is -2.30. The molecule has 3 rings (SSSR count). The third kappa shape index (κ3) is 4.48. The molecule has 0 spiro atoms. The van der Waals surface area contributed by atoms with Crippen LogP contribution in [0.1, 0.15) is 51.3 Å². The Labute approximate surface area is 148 Å². The maximum absolute atomic E-state index is 14.0. The Balaban J connectivity index is 0.00000100. The van der Waals surface area contributed by atoms with Gasteiger partial charge in [0, 0.05) is 16.7 Å². The summed E-state index contributed by atoms with van der Waals surface area (Å²) in [5.41, 5.74) is 0.488. The minimum absolute atomic E-state index is 0.327. The minimum Gasteiger partial charge on any atom is -0.470 e. The van der Waals surface area contributed by atoms with Crippen LogP contribution in [0.15, 0.2) is 30.5 Å². The van der Waals surface area contributed by atoms with Gasteiger partial charge >= 0.3 is 0 Å². The zero-order chi connectivity index (χ0) is 17.5. The number of ether oxygens (including phenoxy) is 1. The van der Waals surface area contributed by atoms with E-state index in [4.69, 9.17) is 16.3 Å². The van der Waals surface area contributed by atoms with E-state index in [0.29, 0.717) is 22.5 Å². The van der Waals surface area contributed by atoms with Crippen molar-refractivity contribution >= 4 is 11.6 Å². The molecule has 1 aromatic carbocycles. The first-order chi connectivity index (χ1) is 11.6. The van der Waals surface area contributed by atoms with E-state index in [9.17, 15) is 4.39 Å². The summed E-state index contributed by atoms with van der Waals surface area (Å²) in [5, 5.41) is 8.09. The van der Waals surface area contributed by atoms with E-state index < -0.39 is 6.10 Å². The Morgan fingerprint density at radius 2 is 2.00 bits per heavy atom. The maximum Gasteiger partial charge on any atom is 0.212 e. The van der Waals surface area contributed by atoms with Gasteiger partial charge in [0.15, 0.2) is 0 Å². The van der Waals surface area contributed by atoms with Crippen molar-refractivity contribution in [3.8, 4) is 5.88 Å². The molecule has 1 aliphatic heterocycles. The molecule has 0 saturated carbocycles. The SMILES string of the molecule is CC.C[C@@H](Oc1ccnn1C1CCNCC1)c1ccc(Cl)cc1F. The van der Waals surface area contributed by atoms with Crippen LogP contribution in [0.4, 0.5) is 4.39 Å². The highest BCUT2D eigenvalue weighted by molar-refractivity contribution is 6.30. The fraction of sp³-hybridized carbons (Fsp3) is 0.500. The van der Waals surface area contributed by atoms with Crippen molar-refractivity contribution in [3.05, 3.63) is 46.9 Å². The molecule has 2 aromatic rings. The van der Waals surface area contributed by atoms with Crippen LogP contribution in [0.5, 0.6) is 5.88 Å². The summed E-state index contributed by atoms with van der Waals surface area (Å²) in [4.78, 5) is 0. The Kier molecular flexibility index (Phi) is 7.06. The first-order valence-electron chi connectivity index (χ1n) is 8.51. The van der Waals surface area contributed by atoms with E-state index in [2.05, 4.69) is 10.4 Å². The van der Waals surface area contributed by atoms with Crippen molar-refractivity contribution in [2.75, 3.05) is 13.1 Å². The lowest BCUT2D eigenvalue weighted by atomic mass is 10.1. The third-order valence-corrected chi connectivity index (χ3v) is 4.22. The molecule has 0 amide bonds. The molecular weight excluding hydrogens is 329 g/mol. The van der Waals surface area contributed by atoms with Crippen molar-refractivity contribution < 1.29 is 9.13 Å². The molecular formula is C18H25ClFN3O. The Hall–Kier alpha value is -1.59. The number of hydrogen-bond acceptors (Lipinski definition) is 3. The third-order valence-electron chi connectivity index (χ3n) is 3.99. The van der Waals surface area contributed by atoms with Gasteiger partial charge in [-0.15, -0.1) is 0 Å². The van der Waals surface area contributed by atoms with Crippen LogP contribution in [-0.2, 0) is 0 Å². The highest BCUT2D eigenvalue weighted by Crippen LogP contribution is 2.29. The van der Waals surface area contributed by atoms with Crippen LogP contribution in [0.2, 0.25) is 5.02 Å². The molecule has 1 atom stereocenters. The van der Waals surface area contributed by atoms with Gasteiger partial charge in [0.25, 0.3) is 0 Å². The Bertz CT molecular complexity index is 641. The number of nitrogens with one attached hydrogen (secondary N) is 1. The average Bonchev–Trinajstić information content (AvgIpc) is 3.05. The molecule has 0 aliphatic carbocycles. The van der Waals surface area contributed by atoms with Gasteiger partial charge in [0.1, 0.15) is 11.9 Å². The molecule has 1 aromatic heterocycles. The fourth-order valence-electron chi connectivity index (χ4n) is 2.80. The Morgan fingerprint density at radius 1 is 1.29 bits per heavy atom. The minimum atomic E-state index is -0.408. The summed E-state index contributed by atoms with van der Waals surface area (Å²) < 4.78 is 21.8. The quantitative estimate of drug-likeness (QED) is 0.860. The molecule has 4 nitrogen and oxygen atoms in total. The molecule has 1 saturated heterocycles. The lowest BCUT2D eigenvalue weighted by molar-refractivity contribution is 0.185. The highest BCUT2D eigenvalue weighted by Gasteiger charge is 2.21. The standard InChI is InChI=1S/C16H19ClFN3O.C2H6/c1-11(14-3-2-12(17)10-15(14)18)22-16-6-9-20-21(16)13-4-7-19-8-5-13;1-2/h2-3,6,9-11,13,19H,4-5,7-8H2,1H3;1-2H3/t11-;/m1./s1. The molecule has 1 aliphatic rings. The number of nitrogens with zero attached hydrogens (tertiary/aromatic N) is 2. The molecule has 132 valence electrons. The summed E-state index contributed by atoms with van der Waals surface area (Å²) in [6, 6.07) is 6.79. The van der Waals surface area contributed by atoms with Gasteiger partial charge < -0.3 is 10.1 Å². The second kappa shape index (κ2) is 9.04. The van der Waals surface area contributed by atoms with Gasteiger partial charge in [0.2, 0.25) is 5.88 Å². The molecule has 1 fully saturated rings. The molecule has 6 heteroatoms. The van der Waals surface area contributed by atoms with Crippen molar-refractivity contribution in [1.29, 1.82) is 0 Å². The van der Waals surface area contributed by atoms with Crippen LogP contribution >= 0.6 is 11.6 Å². The summed E-state index contributed by atoms with van der Waals surface area (Å²) in [6.45, 7) is 7.78. The summed E-state index contributed by atoms with van der Waals surface area (Å²) in [5.74, 6) is 0.321. The van der Waals surface area contributed by atoms with Gasteiger partial charge in [-0.1, -0.05) is 31.5 Å². The van der Waals surface area contributed by atoms with Gasteiger partial charge in [0.05, 0.1) is 12.2 Å². The number of halogens is 2. The van der Waals surface area contributed by atoms with Crippen molar-refractivity contribution in [1.82, 2.24) is 15.1 Å².